The fraction of sp³-hybridized carbons (Fsp3) is 0.333. The number of imidazole rings is 1. The lowest BCUT2D eigenvalue weighted by Gasteiger charge is -2.36. The first-order valence-corrected chi connectivity index (χ1v) is 11.1. The van der Waals surface area contributed by atoms with E-state index >= 15 is 0 Å². The number of carbonyl (C=O) groups is 1. The number of carbonyl (C=O) groups excluding carboxylic acids is 1. The van der Waals surface area contributed by atoms with Crippen LogP contribution in [-0.2, 0) is 17.9 Å². The summed E-state index contributed by atoms with van der Waals surface area (Å²) >= 11 is 5.83. The third-order valence-electron chi connectivity index (χ3n) is 6.03. The highest BCUT2D eigenvalue weighted by molar-refractivity contribution is 6.30. The molecule has 3 N–H and O–H groups in total. The highest BCUT2D eigenvalue weighted by atomic mass is 35.5. The Hall–Kier alpha value is -2.81. The third kappa shape index (κ3) is 4.93. The summed E-state index contributed by atoms with van der Waals surface area (Å²) in [6.45, 7) is 6.49. The normalized spacial score (nSPS) is 15.2. The van der Waals surface area contributed by atoms with Crippen LogP contribution in [0.15, 0.2) is 42.5 Å². The number of fused-ring (bicyclic) bond motifs is 1. The second-order valence-electron chi connectivity index (χ2n) is 9.00. The van der Waals surface area contributed by atoms with Crippen molar-refractivity contribution in [3.8, 4) is 11.3 Å². The topological polar surface area (TPSA) is 76.2 Å². The van der Waals surface area contributed by atoms with E-state index in [1.54, 1.807) is 18.2 Å². The summed E-state index contributed by atoms with van der Waals surface area (Å²) in [5.41, 5.74) is 7.52. The highest BCUT2D eigenvalue weighted by Crippen LogP contribution is 2.34. The summed E-state index contributed by atoms with van der Waals surface area (Å²) in [5, 5.41) is 3.32. The standard InChI is InChI=1S/C24H26ClF2N5O/c1-24(2,20(28)13-33)14-31-9-10-32-21(12-31)30-22(15-3-5-16(26)6-4-15)23(32)29-17-7-8-18(25)19(27)11-17/h3-8,11,13,20,29H,9-10,12,14,28H2,1-2H3/t20-/m1/s1. The fourth-order valence-electron chi connectivity index (χ4n) is 4.03. The molecule has 1 aromatic heterocycles. The van der Waals surface area contributed by atoms with Crippen molar-refractivity contribution in [2.24, 2.45) is 11.1 Å². The predicted octanol–water partition coefficient (Wildman–Crippen LogP) is 4.59. The number of aromatic nitrogens is 2. The van der Waals surface area contributed by atoms with Crippen LogP contribution in [-0.4, -0.2) is 39.9 Å². The molecule has 0 radical (unpaired) electrons. The van der Waals surface area contributed by atoms with E-state index in [1.165, 1.54) is 24.3 Å². The Morgan fingerprint density at radius 1 is 1.21 bits per heavy atom. The van der Waals surface area contributed by atoms with Crippen molar-refractivity contribution in [1.29, 1.82) is 0 Å². The molecule has 0 spiro atoms. The average molecular weight is 474 g/mol. The number of anilines is 2. The molecule has 0 unspecified atom stereocenters. The molecule has 1 aliphatic rings. The number of rotatable bonds is 7. The number of aldehydes is 1. The van der Waals surface area contributed by atoms with Gasteiger partial charge < -0.3 is 20.4 Å². The fourth-order valence-corrected chi connectivity index (χ4v) is 4.15. The molecular weight excluding hydrogens is 448 g/mol. The van der Waals surface area contributed by atoms with Crippen LogP contribution in [0.5, 0.6) is 0 Å². The minimum Gasteiger partial charge on any atom is -0.340 e. The van der Waals surface area contributed by atoms with Crippen LogP contribution < -0.4 is 11.1 Å². The van der Waals surface area contributed by atoms with Gasteiger partial charge in [0.2, 0.25) is 0 Å². The highest BCUT2D eigenvalue weighted by Gasteiger charge is 2.32. The number of benzene rings is 2. The second-order valence-corrected chi connectivity index (χ2v) is 9.41. The number of hydrogen-bond donors (Lipinski definition) is 2. The summed E-state index contributed by atoms with van der Waals surface area (Å²) in [6.07, 6.45) is 0.783. The van der Waals surface area contributed by atoms with Gasteiger partial charge in [-0.25, -0.2) is 13.8 Å². The van der Waals surface area contributed by atoms with Crippen molar-refractivity contribution in [3.05, 3.63) is 64.9 Å². The van der Waals surface area contributed by atoms with Crippen LogP contribution in [0, 0.1) is 17.0 Å². The summed E-state index contributed by atoms with van der Waals surface area (Å²) in [4.78, 5) is 18.3. The Morgan fingerprint density at radius 2 is 1.94 bits per heavy atom. The third-order valence-corrected chi connectivity index (χ3v) is 6.34. The number of halogens is 3. The molecular formula is C24H26ClF2N5O. The van der Waals surface area contributed by atoms with Gasteiger partial charge in [-0.3, -0.25) is 4.90 Å². The van der Waals surface area contributed by atoms with Gasteiger partial charge in [0.05, 0.1) is 17.6 Å². The predicted molar refractivity (Wildman–Crippen MR) is 125 cm³/mol. The molecule has 0 aliphatic carbocycles. The van der Waals surface area contributed by atoms with Crippen molar-refractivity contribution < 1.29 is 13.6 Å². The van der Waals surface area contributed by atoms with Gasteiger partial charge in [0, 0.05) is 30.9 Å². The van der Waals surface area contributed by atoms with E-state index in [1.807, 2.05) is 18.4 Å². The maximum absolute atomic E-state index is 14.0. The van der Waals surface area contributed by atoms with Crippen LogP contribution >= 0.6 is 11.6 Å². The van der Waals surface area contributed by atoms with Crippen LogP contribution in [0.3, 0.4) is 0 Å². The molecule has 9 heteroatoms. The molecule has 2 heterocycles. The van der Waals surface area contributed by atoms with Crippen LogP contribution in [0.2, 0.25) is 5.02 Å². The van der Waals surface area contributed by atoms with E-state index in [0.29, 0.717) is 36.8 Å². The minimum absolute atomic E-state index is 0.0430. The van der Waals surface area contributed by atoms with E-state index in [4.69, 9.17) is 22.3 Å². The molecule has 0 bridgehead atoms. The molecule has 2 aromatic carbocycles. The van der Waals surface area contributed by atoms with Crippen molar-refractivity contribution in [3.63, 3.8) is 0 Å². The van der Waals surface area contributed by atoms with Crippen LogP contribution in [0.25, 0.3) is 11.3 Å². The lowest BCUT2D eigenvalue weighted by molar-refractivity contribution is -0.111. The van der Waals surface area contributed by atoms with Crippen LogP contribution in [0.1, 0.15) is 19.7 Å². The second kappa shape index (κ2) is 9.21. The van der Waals surface area contributed by atoms with Gasteiger partial charge >= 0.3 is 0 Å². The lowest BCUT2D eigenvalue weighted by atomic mass is 9.85. The van der Waals surface area contributed by atoms with Gasteiger partial charge in [0.25, 0.3) is 0 Å². The molecule has 33 heavy (non-hydrogen) atoms. The molecule has 174 valence electrons. The van der Waals surface area contributed by atoms with Gasteiger partial charge in [-0.1, -0.05) is 25.4 Å². The zero-order valence-corrected chi connectivity index (χ0v) is 19.2. The van der Waals surface area contributed by atoms with Crippen molar-refractivity contribution >= 4 is 29.4 Å². The lowest BCUT2D eigenvalue weighted by Crippen LogP contribution is -2.48. The van der Waals surface area contributed by atoms with Crippen molar-refractivity contribution in [2.75, 3.05) is 18.4 Å². The van der Waals surface area contributed by atoms with Gasteiger partial charge in [-0.05, 0) is 47.9 Å². The Kier molecular flexibility index (Phi) is 6.52. The molecule has 1 aliphatic heterocycles. The molecule has 1 atom stereocenters. The van der Waals surface area contributed by atoms with E-state index in [9.17, 15) is 13.6 Å². The molecule has 0 saturated heterocycles. The Bertz CT molecular complexity index is 1160. The van der Waals surface area contributed by atoms with E-state index in [2.05, 4.69) is 10.2 Å². The number of nitrogens with one attached hydrogen (secondary N) is 1. The van der Waals surface area contributed by atoms with E-state index in [0.717, 1.165) is 24.2 Å². The number of nitrogens with two attached hydrogens (primary N) is 1. The number of hydrogen-bond acceptors (Lipinski definition) is 5. The molecule has 0 saturated carbocycles. The smallest absolute Gasteiger partial charge is 0.143 e. The molecule has 0 fully saturated rings. The summed E-state index contributed by atoms with van der Waals surface area (Å²) in [5.74, 6) is 0.648. The zero-order chi connectivity index (χ0) is 23.8. The summed E-state index contributed by atoms with van der Waals surface area (Å²) in [7, 11) is 0. The first kappa shape index (κ1) is 23.4. The monoisotopic (exact) mass is 473 g/mol. The molecule has 0 amide bonds. The van der Waals surface area contributed by atoms with Gasteiger partial charge in [-0.2, -0.15) is 0 Å². The Balaban J connectivity index is 1.69. The Labute approximate surface area is 196 Å². The largest absolute Gasteiger partial charge is 0.340 e. The Morgan fingerprint density at radius 3 is 2.61 bits per heavy atom. The molecule has 6 nitrogen and oxygen atoms in total. The first-order valence-electron chi connectivity index (χ1n) is 10.7. The van der Waals surface area contributed by atoms with Gasteiger partial charge in [0.15, 0.2) is 0 Å². The maximum atomic E-state index is 14.0. The maximum Gasteiger partial charge on any atom is 0.143 e. The van der Waals surface area contributed by atoms with Crippen LogP contribution in [0.4, 0.5) is 20.3 Å². The van der Waals surface area contributed by atoms with E-state index < -0.39 is 17.3 Å². The van der Waals surface area contributed by atoms with Crippen molar-refractivity contribution in [1.82, 2.24) is 14.5 Å². The van der Waals surface area contributed by atoms with Gasteiger partial charge in [0.1, 0.15) is 35.3 Å². The molecule has 4 rings (SSSR count). The average Bonchev–Trinajstić information content (AvgIpc) is 3.13. The quantitative estimate of drug-likeness (QED) is 0.491. The minimum atomic E-state index is -0.564. The zero-order valence-electron chi connectivity index (χ0n) is 18.5. The van der Waals surface area contributed by atoms with E-state index in [-0.39, 0.29) is 10.8 Å². The summed E-state index contributed by atoms with van der Waals surface area (Å²) in [6, 6.07) is 10.1. The van der Waals surface area contributed by atoms with Gasteiger partial charge in [-0.15, -0.1) is 0 Å². The number of nitrogens with zero attached hydrogens (tertiary/aromatic N) is 3. The van der Waals surface area contributed by atoms with Crippen molar-refractivity contribution in [2.45, 2.75) is 33.0 Å². The molecule has 3 aromatic rings. The summed E-state index contributed by atoms with van der Waals surface area (Å²) < 4.78 is 29.6. The SMILES string of the molecule is CC(C)(CN1CCn2c(nc(-c3ccc(F)cc3)c2Nc2ccc(Cl)c(F)c2)C1)[C@H](N)C=O. The first-order chi connectivity index (χ1) is 15.7.